The summed E-state index contributed by atoms with van der Waals surface area (Å²) in [6.45, 7) is 14.0. The first-order chi connectivity index (χ1) is 15.6. The zero-order chi connectivity index (χ0) is 25.6. The van der Waals surface area contributed by atoms with Gasteiger partial charge in [-0.25, -0.2) is 0 Å². The third kappa shape index (κ3) is 5.13. The van der Waals surface area contributed by atoms with Crippen LogP contribution in [0.15, 0.2) is 0 Å². The standard InChI is InChI=1S/C26H42O8/c1-14(2)18-9-11-25(7,33-16(4)28)22-19-13-24(6,30)20(31-15(3)27)10-12-26(8,34-17(5)29)23(32-19)21(18)22/h14,18-23,30H,9-13H2,1-8H3/t18-,19-,20+,21-,22-,23-,24+,25-,26-/m0/s1. The van der Waals surface area contributed by atoms with Gasteiger partial charge in [0.25, 0.3) is 0 Å². The molecule has 0 aromatic rings. The molecule has 1 aliphatic carbocycles. The lowest BCUT2D eigenvalue weighted by atomic mass is 9.57. The minimum Gasteiger partial charge on any atom is -0.460 e. The van der Waals surface area contributed by atoms with Crippen molar-refractivity contribution in [1.82, 2.24) is 0 Å². The van der Waals surface area contributed by atoms with E-state index in [9.17, 15) is 19.5 Å². The molecule has 0 aromatic carbocycles. The quantitative estimate of drug-likeness (QED) is 0.479. The van der Waals surface area contributed by atoms with Gasteiger partial charge in [-0.15, -0.1) is 0 Å². The fraction of sp³-hybridized carbons (Fsp3) is 0.885. The Morgan fingerprint density at radius 3 is 2.00 bits per heavy atom. The van der Waals surface area contributed by atoms with Crippen LogP contribution in [0.3, 0.4) is 0 Å². The van der Waals surface area contributed by atoms with Crippen LogP contribution in [0.5, 0.6) is 0 Å². The highest BCUT2D eigenvalue weighted by Crippen LogP contribution is 2.58. The van der Waals surface area contributed by atoms with Gasteiger partial charge in [-0.05, 0) is 58.3 Å². The van der Waals surface area contributed by atoms with E-state index in [1.54, 1.807) is 6.92 Å². The highest BCUT2D eigenvalue weighted by molar-refractivity contribution is 5.67. The van der Waals surface area contributed by atoms with Gasteiger partial charge < -0.3 is 24.1 Å². The lowest BCUT2D eigenvalue weighted by Gasteiger charge is -2.51. The summed E-state index contributed by atoms with van der Waals surface area (Å²) in [7, 11) is 0. The minimum atomic E-state index is -1.38. The van der Waals surface area contributed by atoms with E-state index in [1.165, 1.54) is 20.8 Å². The van der Waals surface area contributed by atoms with E-state index in [1.807, 2.05) is 13.8 Å². The molecule has 1 saturated carbocycles. The third-order valence-electron chi connectivity index (χ3n) is 8.39. The Bertz CT molecular complexity index is 807. The second kappa shape index (κ2) is 9.41. The summed E-state index contributed by atoms with van der Waals surface area (Å²) in [4.78, 5) is 36.2. The normalized spacial score (nSPS) is 44.3. The molecule has 0 spiro atoms. The van der Waals surface area contributed by atoms with Crippen molar-refractivity contribution in [3.63, 3.8) is 0 Å². The Balaban J connectivity index is 2.16. The molecule has 0 aromatic heterocycles. The summed E-state index contributed by atoms with van der Waals surface area (Å²) < 4.78 is 24.2. The third-order valence-corrected chi connectivity index (χ3v) is 8.39. The van der Waals surface area contributed by atoms with Crippen molar-refractivity contribution in [3.05, 3.63) is 0 Å². The average Bonchev–Trinajstić information content (AvgIpc) is 3.04. The molecule has 8 nitrogen and oxygen atoms in total. The Morgan fingerprint density at radius 1 is 0.912 bits per heavy atom. The summed E-state index contributed by atoms with van der Waals surface area (Å²) in [5, 5.41) is 11.5. The summed E-state index contributed by atoms with van der Waals surface area (Å²) in [6, 6.07) is 0. The molecule has 3 rings (SSSR count). The summed E-state index contributed by atoms with van der Waals surface area (Å²) in [6.07, 6.45) is 0.736. The van der Waals surface area contributed by atoms with Gasteiger partial charge in [-0.2, -0.15) is 0 Å². The van der Waals surface area contributed by atoms with Crippen LogP contribution in [0.2, 0.25) is 0 Å². The first-order valence-corrected chi connectivity index (χ1v) is 12.5. The number of rotatable bonds is 4. The average molecular weight is 483 g/mol. The number of hydrogen-bond acceptors (Lipinski definition) is 8. The zero-order valence-electron chi connectivity index (χ0n) is 21.9. The molecule has 3 aliphatic rings. The maximum Gasteiger partial charge on any atom is 0.303 e. The van der Waals surface area contributed by atoms with E-state index in [-0.39, 0.29) is 30.1 Å². The molecule has 2 bridgehead atoms. The molecule has 8 heteroatoms. The van der Waals surface area contributed by atoms with E-state index in [0.717, 1.165) is 6.42 Å². The van der Waals surface area contributed by atoms with E-state index in [2.05, 4.69) is 13.8 Å². The van der Waals surface area contributed by atoms with Crippen molar-refractivity contribution < 1.29 is 38.4 Å². The number of ether oxygens (including phenoxy) is 4. The van der Waals surface area contributed by atoms with Crippen molar-refractivity contribution in [2.24, 2.45) is 23.7 Å². The smallest absolute Gasteiger partial charge is 0.303 e. The van der Waals surface area contributed by atoms with Gasteiger partial charge >= 0.3 is 17.9 Å². The molecule has 9 atom stereocenters. The summed E-state index contributed by atoms with van der Waals surface area (Å²) in [5.41, 5.74) is -3.16. The monoisotopic (exact) mass is 482 g/mol. The van der Waals surface area contributed by atoms with Crippen LogP contribution in [-0.4, -0.2) is 58.1 Å². The van der Waals surface area contributed by atoms with Crippen LogP contribution < -0.4 is 0 Å². The molecule has 0 amide bonds. The Kier molecular flexibility index (Phi) is 7.46. The molecule has 2 heterocycles. The van der Waals surface area contributed by atoms with Crippen molar-refractivity contribution in [1.29, 1.82) is 0 Å². The van der Waals surface area contributed by atoms with Crippen LogP contribution in [0.1, 0.15) is 87.5 Å². The van der Waals surface area contributed by atoms with Crippen LogP contribution in [-0.2, 0) is 33.3 Å². The maximum atomic E-state index is 12.2. The van der Waals surface area contributed by atoms with Gasteiger partial charge in [0.05, 0.1) is 6.10 Å². The second-order valence-corrected chi connectivity index (χ2v) is 11.7. The van der Waals surface area contributed by atoms with E-state index in [4.69, 9.17) is 18.9 Å². The van der Waals surface area contributed by atoms with Crippen LogP contribution in [0, 0.1) is 23.7 Å². The number of carbonyl (C=O) groups excluding carboxylic acids is 3. The SMILES string of the molecule is CC(=O)O[C@@H]1CC[C@](C)(OC(C)=O)[C@H]2O[C@@H](C[C@@]1(C)O)[C@H]1[C@@H]2[C@H](C(C)C)CC[C@]1(C)OC(C)=O. The van der Waals surface area contributed by atoms with Crippen LogP contribution >= 0.6 is 0 Å². The first-order valence-electron chi connectivity index (χ1n) is 12.5. The lowest BCUT2D eigenvalue weighted by Crippen LogP contribution is -2.58. The Morgan fingerprint density at radius 2 is 1.47 bits per heavy atom. The molecule has 0 radical (unpaired) electrons. The van der Waals surface area contributed by atoms with Crippen LogP contribution in [0.4, 0.5) is 0 Å². The van der Waals surface area contributed by atoms with Gasteiger partial charge in [0, 0.05) is 39.0 Å². The fourth-order valence-electron chi connectivity index (χ4n) is 7.09. The molecule has 34 heavy (non-hydrogen) atoms. The molecular formula is C26H42O8. The second-order valence-electron chi connectivity index (χ2n) is 11.7. The van der Waals surface area contributed by atoms with Crippen molar-refractivity contribution in [2.75, 3.05) is 0 Å². The topological polar surface area (TPSA) is 108 Å². The van der Waals surface area contributed by atoms with Crippen LogP contribution in [0.25, 0.3) is 0 Å². The zero-order valence-corrected chi connectivity index (χ0v) is 21.9. The summed E-state index contributed by atoms with van der Waals surface area (Å²) >= 11 is 0. The predicted octanol–water partition coefficient (Wildman–Crippen LogP) is 3.56. The fourth-order valence-corrected chi connectivity index (χ4v) is 7.09. The molecule has 0 unspecified atom stereocenters. The molecular weight excluding hydrogens is 440 g/mol. The van der Waals surface area contributed by atoms with Gasteiger partial charge in [0.15, 0.2) is 0 Å². The predicted molar refractivity (Wildman–Crippen MR) is 124 cm³/mol. The lowest BCUT2D eigenvalue weighted by molar-refractivity contribution is -0.185. The number of aliphatic hydroxyl groups is 1. The van der Waals surface area contributed by atoms with Gasteiger partial charge in [-0.3, -0.25) is 14.4 Å². The minimum absolute atomic E-state index is 0.0338. The summed E-state index contributed by atoms with van der Waals surface area (Å²) in [5.74, 6) is -0.879. The first kappa shape index (κ1) is 26.9. The number of carbonyl (C=O) groups is 3. The van der Waals surface area contributed by atoms with Crippen molar-refractivity contribution in [3.8, 4) is 0 Å². The van der Waals surface area contributed by atoms with E-state index in [0.29, 0.717) is 25.2 Å². The van der Waals surface area contributed by atoms with Gasteiger partial charge in [0.2, 0.25) is 0 Å². The largest absolute Gasteiger partial charge is 0.460 e. The number of hydrogen-bond donors (Lipinski definition) is 1. The molecule has 2 saturated heterocycles. The van der Waals surface area contributed by atoms with Gasteiger partial charge in [0.1, 0.15) is 29.0 Å². The molecule has 1 N–H and O–H groups in total. The van der Waals surface area contributed by atoms with Gasteiger partial charge in [-0.1, -0.05) is 13.8 Å². The van der Waals surface area contributed by atoms with E-state index >= 15 is 0 Å². The number of fused-ring (bicyclic) bond motifs is 5. The van der Waals surface area contributed by atoms with E-state index < -0.39 is 47.1 Å². The van der Waals surface area contributed by atoms with Crippen molar-refractivity contribution >= 4 is 17.9 Å². The molecule has 2 aliphatic heterocycles. The van der Waals surface area contributed by atoms with Crippen molar-refractivity contribution in [2.45, 2.75) is 123 Å². The highest BCUT2D eigenvalue weighted by Gasteiger charge is 2.65. The Labute approximate surface area is 203 Å². The number of esters is 3. The highest BCUT2D eigenvalue weighted by atomic mass is 16.6. The Hall–Kier alpha value is -1.67. The maximum absolute atomic E-state index is 12.2. The molecule has 3 fully saturated rings. The molecule has 194 valence electrons.